The van der Waals surface area contributed by atoms with Crippen LogP contribution < -0.4 is 11.1 Å². The first-order valence-corrected chi connectivity index (χ1v) is 7.16. The van der Waals surface area contributed by atoms with E-state index in [1.54, 1.807) is 30.5 Å². The van der Waals surface area contributed by atoms with Gasteiger partial charge in [-0.2, -0.15) is 0 Å². The molecule has 0 fully saturated rings. The highest BCUT2D eigenvalue weighted by molar-refractivity contribution is 5.94. The molecule has 21 heavy (non-hydrogen) atoms. The maximum atomic E-state index is 11.4. The Balaban J connectivity index is 2.38. The summed E-state index contributed by atoms with van der Waals surface area (Å²) in [6.07, 6.45) is 4.64. The third kappa shape index (κ3) is 3.46. The largest absolute Gasteiger partial charge is 0.375 e. The zero-order valence-corrected chi connectivity index (χ0v) is 12.1. The molecule has 112 valence electrons. The molecule has 3 N–H and O–H groups in total. The van der Waals surface area contributed by atoms with Gasteiger partial charge in [-0.3, -0.25) is 15.1 Å². The van der Waals surface area contributed by atoms with Crippen molar-refractivity contribution in [2.24, 2.45) is 5.73 Å². The summed E-state index contributed by atoms with van der Waals surface area (Å²) in [4.78, 5) is 15.2. The zero-order chi connectivity index (χ0) is 15.2. The van der Waals surface area contributed by atoms with Crippen LogP contribution in [0.4, 0.5) is 11.4 Å². The fraction of sp³-hybridized carbons (Fsp3) is 0.400. The van der Waals surface area contributed by atoms with Gasteiger partial charge in [0.05, 0.1) is 15.8 Å². The smallest absolute Gasteiger partial charge is 0.301 e. The topological polar surface area (TPSA) is 94.1 Å². The van der Waals surface area contributed by atoms with Crippen LogP contribution in [-0.2, 0) is 0 Å². The number of fused-ring (bicyclic) bond motifs is 1. The van der Waals surface area contributed by atoms with E-state index < -0.39 is 0 Å². The number of rotatable bonds is 7. The quantitative estimate of drug-likeness (QED) is 0.603. The van der Waals surface area contributed by atoms with Crippen molar-refractivity contribution in [2.45, 2.75) is 32.2 Å². The number of nitro groups is 1. The molecule has 0 saturated carbocycles. The Morgan fingerprint density at radius 1 is 1.43 bits per heavy atom. The summed E-state index contributed by atoms with van der Waals surface area (Å²) >= 11 is 0. The summed E-state index contributed by atoms with van der Waals surface area (Å²) in [5.74, 6) is 0. The number of hydrogen-bond acceptors (Lipinski definition) is 5. The molecule has 1 unspecified atom stereocenters. The predicted octanol–water partition coefficient (Wildman–Crippen LogP) is 3.07. The number of anilines is 1. The molecule has 1 aromatic heterocycles. The molecule has 1 heterocycles. The standard InChI is InChI=1S/C15H20N4O2/c1-2-3-5-11(10-16)18-14-8-7-13-12(6-4-9-17-13)15(14)19(20)21/h4,6-9,11,18H,2-3,5,10,16H2,1H3. The van der Waals surface area contributed by atoms with E-state index in [9.17, 15) is 10.1 Å². The van der Waals surface area contributed by atoms with Gasteiger partial charge in [0.25, 0.3) is 0 Å². The van der Waals surface area contributed by atoms with Crippen molar-refractivity contribution < 1.29 is 4.92 Å². The Morgan fingerprint density at radius 2 is 2.24 bits per heavy atom. The third-order valence-electron chi connectivity index (χ3n) is 3.49. The Hall–Kier alpha value is -2.21. The second-order valence-corrected chi connectivity index (χ2v) is 5.01. The zero-order valence-electron chi connectivity index (χ0n) is 12.1. The lowest BCUT2D eigenvalue weighted by Gasteiger charge is -2.18. The average molecular weight is 288 g/mol. The summed E-state index contributed by atoms with van der Waals surface area (Å²) in [6, 6.07) is 6.96. The Kier molecular flexibility index (Phi) is 5.05. The molecule has 0 saturated heterocycles. The van der Waals surface area contributed by atoms with Crippen molar-refractivity contribution in [3.8, 4) is 0 Å². The molecule has 0 aliphatic carbocycles. The van der Waals surface area contributed by atoms with Gasteiger partial charge < -0.3 is 11.1 Å². The van der Waals surface area contributed by atoms with Crippen molar-refractivity contribution in [3.05, 3.63) is 40.6 Å². The van der Waals surface area contributed by atoms with Gasteiger partial charge in [0.1, 0.15) is 5.69 Å². The van der Waals surface area contributed by atoms with Crippen molar-refractivity contribution in [2.75, 3.05) is 11.9 Å². The van der Waals surface area contributed by atoms with Crippen LogP contribution in [0.3, 0.4) is 0 Å². The molecule has 0 spiro atoms. The lowest BCUT2D eigenvalue weighted by Crippen LogP contribution is -2.29. The normalized spacial score (nSPS) is 12.3. The monoisotopic (exact) mass is 288 g/mol. The van der Waals surface area contributed by atoms with Gasteiger partial charge in [-0.25, -0.2) is 0 Å². The molecule has 1 aromatic carbocycles. The Labute approximate surface area is 123 Å². The van der Waals surface area contributed by atoms with Crippen LogP contribution in [0.2, 0.25) is 0 Å². The van der Waals surface area contributed by atoms with Crippen molar-refractivity contribution in [1.82, 2.24) is 4.98 Å². The molecule has 6 nitrogen and oxygen atoms in total. The Morgan fingerprint density at radius 3 is 2.90 bits per heavy atom. The highest BCUT2D eigenvalue weighted by atomic mass is 16.6. The van der Waals surface area contributed by atoms with Gasteiger partial charge in [-0.15, -0.1) is 0 Å². The SMILES string of the molecule is CCCCC(CN)Nc1ccc2ncccc2c1[N+](=O)[O-]. The van der Waals surface area contributed by atoms with Crippen molar-refractivity contribution >= 4 is 22.3 Å². The number of hydrogen-bond donors (Lipinski definition) is 2. The molecule has 0 aliphatic heterocycles. The van der Waals surface area contributed by atoms with Crippen LogP contribution in [0.25, 0.3) is 10.9 Å². The number of nitrogens with zero attached hydrogens (tertiary/aromatic N) is 2. The first kappa shape index (κ1) is 15.2. The van der Waals surface area contributed by atoms with Crippen LogP contribution in [0.5, 0.6) is 0 Å². The fourth-order valence-corrected chi connectivity index (χ4v) is 2.37. The van der Waals surface area contributed by atoms with Crippen LogP contribution in [0.15, 0.2) is 30.5 Å². The van der Waals surface area contributed by atoms with Crippen LogP contribution in [-0.4, -0.2) is 22.5 Å². The van der Waals surface area contributed by atoms with Crippen molar-refractivity contribution in [1.29, 1.82) is 0 Å². The van der Waals surface area contributed by atoms with E-state index in [4.69, 9.17) is 5.73 Å². The van der Waals surface area contributed by atoms with Crippen LogP contribution in [0.1, 0.15) is 26.2 Å². The average Bonchev–Trinajstić information content (AvgIpc) is 2.50. The van der Waals surface area contributed by atoms with Crippen LogP contribution >= 0.6 is 0 Å². The first-order chi connectivity index (χ1) is 10.2. The van der Waals surface area contributed by atoms with E-state index in [0.29, 0.717) is 23.1 Å². The van der Waals surface area contributed by atoms with Gasteiger partial charge in [-0.1, -0.05) is 19.8 Å². The maximum absolute atomic E-state index is 11.4. The number of pyridine rings is 1. The van der Waals surface area contributed by atoms with E-state index in [2.05, 4.69) is 17.2 Å². The van der Waals surface area contributed by atoms with E-state index in [1.165, 1.54) is 0 Å². The summed E-state index contributed by atoms with van der Waals surface area (Å²) in [6.45, 7) is 2.56. The first-order valence-electron chi connectivity index (χ1n) is 7.16. The van der Waals surface area contributed by atoms with Crippen molar-refractivity contribution in [3.63, 3.8) is 0 Å². The highest BCUT2D eigenvalue weighted by Crippen LogP contribution is 2.33. The predicted molar refractivity (Wildman–Crippen MR) is 84.4 cm³/mol. The van der Waals surface area contributed by atoms with E-state index in [1.807, 2.05) is 0 Å². The number of unbranched alkanes of at least 4 members (excludes halogenated alkanes) is 1. The molecular weight excluding hydrogens is 268 g/mol. The van der Waals surface area contributed by atoms with Gasteiger partial charge in [0, 0.05) is 18.8 Å². The summed E-state index contributed by atoms with van der Waals surface area (Å²) in [5, 5.41) is 15.2. The number of nitrogens with one attached hydrogen (secondary N) is 1. The molecule has 2 aromatic rings. The van der Waals surface area contributed by atoms with E-state index in [-0.39, 0.29) is 16.7 Å². The summed E-state index contributed by atoms with van der Waals surface area (Å²) in [7, 11) is 0. The second-order valence-electron chi connectivity index (χ2n) is 5.01. The third-order valence-corrected chi connectivity index (χ3v) is 3.49. The molecule has 0 bridgehead atoms. The highest BCUT2D eigenvalue weighted by Gasteiger charge is 2.20. The molecule has 0 amide bonds. The van der Waals surface area contributed by atoms with E-state index >= 15 is 0 Å². The second kappa shape index (κ2) is 6.99. The fourth-order valence-electron chi connectivity index (χ4n) is 2.37. The molecule has 6 heteroatoms. The number of aromatic nitrogens is 1. The molecule has 0 aliphatic rings. The lowest BCUT2D eigenvalue weighted by molar-refractivity contribution is -0.382. The molecule has 1 atom stereocenters. The Bertz CT molecular complexity index is 630. The molecular formula is C15H20N4O2. The number of benzene rings is 1. The molecule has 2 rings (SSSR count). The minimum absolute atomic E-state index is 0.0396. The minimum Gasteiger partial charge on any atom is -0.375 e. The van der Waals surface area contributed by atoms with E-state index in [0.717, 1.165) is 19.3 Å². The van der Waals surface area contributed by atoms with Gasteiger partial charge in [0.2, 0.25) is 0 Å². The molecule has 0 radical (unpaired) electrons. The maximum Gasteiger partial charge on any atom is 0.301 e. The lowest BCUT2D eigenvalue weighted by atomic mass is 10.1. The minimum atomic E-state index is -0.361. The number of nitrogens with two attached hydrogens (primary N) is 1. The summed E-state index contributed by atoms with van der Waals surface area (Å²) < 4.78 is 0. The van der Waals surface area contributed by atoms with Gasteiger partial charge in [0.15, 0.2) is 0 Å². The van der Waals surface area contributed by atoms with Crippen LogP contribution in [0, 0.1) is 10.1 Å². The summed E-state index contributed by atoms with van der Waals surface area (Å²) in [5.41, 5.74) is 6.95. The van der Waals surface area contributed by atoms with Gasteiger partial charge >= 0.3 is 5.69 Å². The number of nitro benzene ring substituents is 1. The van der Waals surface area contributed by atoms with Gasteiger partial charge in [-0.05, 0) is 30.7 Å².